The fourth-order valence-electron chi connectivity index (χ4n) is 3.84. The van der Waals surface area contributed by atoms with E-state index in [4.69, 9.17) is 9.47 Å². The molecule has 1 fully saturated rings. The third-order valence-electron chi connectivity index (χ3n) is 4.96. The molecule has 0 heterocycles. The summed E-state index contributed by atoms with van der Waals surface area (Å²) in [5.74, 6) is 1.42. The smallest absolute Gasteiger partial charge is 0.256 e. The molecule has 0 radical (unpaired) electrons. The van der Waals surface area contributed by atoms with Gasteiger partial charge < -0.3 is 14.8 Å². The van der Waals surface area contributed by atoms with Gasteiger partial charge in [0.25, 0.3) is 5.91 Å². The third-order valence-corrected chi connectivity index (χ3v) is 4.96. The molecule has 25 heavy (non-hydrogen) atoms. The third kappa shape index (κ3) is 4.75. The van der Waals surface area contributed by atoms with Gasteiger partial charge in [0.15, 0.2) is 0 Å². The molecule has 0 aliphatic heterocycles. The zero-order valence-corrected chi connectivity index (χ0v) is 16.4. The Hall–Kier alpha value is -1.55. The Labute approximate surface area is 152 Å². The maximum Gasteiger partial charge on any atom is 0.256 e. The number of carbonyl (C=O) groups excluding carboxylic acids is 1. The monoisotopic (exact) mass is 347 g/mol. The molecule has 1 aromatic rings. The molecule has 140 valence electrons. The largest absolute Gasteiger partial charge is 0.493 e. The van der Waals surface area contributed by atoms with Crippen LogP contribution in [0.3, 0.4) is 0 Å². The van der Waals surface area contributed by atoms with Crippen molar-refractivity contribution >= 4 is 11.6 Å². The Morgan fingerprint density at radius 2 is 1.96 bits per heavy atom. The van der Waals surface area contributed by atoms with E-state index in [1.165, 1.54) is 6.42 Å². The summed E-state index contributed by atoms with van der Waals surface area (Å²) >= 11 is 0. The van der Waals surface area contributed by atoms with Gasteiger partial charge in [-0.3, -0.25) is 4.79 Å². The molecule has 2 atom stereocenters. The average Bonchev–Trinajstić information content (AvgIpc) is 2.56. The maximum atomic E-state index is 13.1. The summed E-state index contributed by atoms with van der Waals surface area (Å²) in [5, 5.41) is 3.11. The predicted octanol–water partition coefficient (Wildman–Crippen LogP) is 5.02. The van der Waals surface area contributed by atoms with Gasteiger partial charge in [-0.25, -0.2) is 0 Å². The minimum Gasteiger partial charge on any atom is -0.493 e. The summed E-state index contributed by atoms with van der Waals surface area (Å²) in [6.07, 6.45) is 4.74. The topological polar surface area (TPSA) is 47.6 Å². The highest BCUT2D eigenvalue weighted by Crippen LogP contribution is 2.37. The zero-order valence-electron chi connectivity index (χ0n) is 16.4. The fraction of sp³-hybridized carbons (Fsp3) is 0.667. The molecular weight excluding hydrogens is 314 g/mol. The number of benzene rings is 1. The number of rotatable bonds is 7. The van der Waals surface area contributed by atoms with Crippen LogP contribution >= 0.6 is 0 Å². The van der Waals surface area contributed by atoms with Gasteiger partial charge in [-0.05, 0) is 75.6 Å². The summed E-state index contributed by atoms with van der Waals surface area (Å²) < 4.78 is 11.8. The van der Waals surface area contributed by atoms with E-state index in [2.05, 4.69) is 19.2 Å². The molecule has 2 rings (SSSR count). The molecule has 0 spiro atoms. The van der Waals surface area contributed by atoms with Crippen molar-refractivity contribution in [2.75, 3.05) is 18.5 Å². The van der Waals surface area contributed by atoms with E-state index in [-0.39, 0.29) is 5.91 Å². The van der Waals surface area contributed by atoms with Crippen molar-refractivity contribution in [1.82, 2.24) is 0 Å². The highest BCUT2D eigenvalue weighted by Gasteiger charge is 2.42. The molecule has 1 aromatic carbocycles. The van der Waals surface area contributed by atoms with Crippen LogP contribution in [0.15, 0.2) is 12.1 Å². The van der Waals surface area contributed by atoms with Gasteiger partial charge in [-0.2, -0.15) is 0 Å². The second kappa shape index (κ2) is 8.70. The Morgan fingerprint density at radius 3 is 2.52 bits per heavy atom. The minimum atomic E-state index is -0.686. The number of nitrogens with one attached hydrogen (secondary N) is 1. The first-order valence-corrected chi connectivity index (χ1v) is 9.61. The number of hydrogen-bond donors (Lipinski definition) is 1. The van der Waals surface area contributed by atoms with Crippen molar-refractivity contribution in [3.63, 3.8) is 0 Å². The van der Waals surface area contributed by atoms with Gasteiger partial charge in [0.1, 0.15) is 11.4 Å². The Bertz CT molecular complexity index is 576. The van der Waals surface area contributed by atoms with Crippen molar-refractivity contribution in [3.8, 4) is 5.75 Å². The first kappa shape index (κ1) is 19.8. The van der Waals surface area contributed by atoms with Crippen LogP contribution in [0, 0.1) is 19.8 Å². The van der Waals surface area contributed by atoms with Crippen molar-refractivity contribution in [2.24, 2.45) is 5.92 Å². The number of hydrogen-bond acceptors (Lipinski definition) is 3. The number of ether oxygens (including phenoxy) is 2. The molecular formula is C21H33NO3. The van der Waals surface area contributed by atoms with Crippen LogP contribution in [-0.4, -0.2) is 24.7 Å². The van der Waals surface area contributed by atoms with Gasteiger partial charge in [-0.1, -0.05) is 20.3 Å². The SMILES string of the molecule is CCCO[C@@]1(C(=O)Nc2cc(C)c(OCC)c(C)c2)CCC[C@@H](C)C1. The fourth-order valence-corrected chi connectivity index (χ4v) is 3.84. The Balaban J connectivity index is 2.20. The predicted molar refractivity (Wildman–Crippen MR) is 102 cm³/mol. The lowest BCUT2D eigenvalue weighted by Crippen LogP contribution is -2.48. The van der Waals surface area contributed by atoms with Crippen LogP contribution in [0.25, 0.3) is 0 Å². The molecule has 4 heteroatoms. The number of amides is 1. The molecule has 0 saturated heterocycles. The summed E-state index contributed by atoms with van der Waals surface area (Å²) in [6.45, 7) is 11.6. The highest BCUT2D eigenvalue weighted by atomic mass is 16.5. The van der Waals surface area contributed by atoms with Crippen LogP contribution in [0.5, 0.6) is 5.75 Å². The van der Waals surface area contributed by atoms with Crippen molar-refractivity contribution < 1.29 is 14.3 Å². The quantitative estimate of drug-likeness (QED) is 0.753. The molecule has 1 N–H and O–H groups in total. The summed E-state index contributed by atoms with van der Waals surface area (Å²) in [4.78, 5) is 13.1. The van der Waals surface area contributed by atoms with Crippen LogP contribution in [0.1, 0.15) is 64.0 Å². The van der Waals surface area contributed by atoms with Crippen LogP contribution in [-0.2, 0) is 9.53 Å². The lowest BCUT2D eigenvalue weighted by Gasteiger charge is -2.38. The molecule has 4 nitrogen and oxygen atoms in total. The summed E-state index contributed by atoms with van der Waals surface area (Å²) in [5.41, 5.74) is 2.21. The van der Waals surface area contributed by atoms with E-state index < -0.39 is 5.60 Å². The average molecular weight is 347 g/mol. The highest BCUT2D eigenvalue weighted by molar-refractivity contribution is 5.97. The van der Waals surface area contributed by atoms with Crippen LogP contribution < -0.4 is 10.1 Å². The normalized spacial score (nSPS) is 23.3. The summed E-state index contributed by atoms with van der Waals surface area (Å²) in [7, 11) is 0. The molecule has 0 aromatic heterocycles. The Kier molecular flexibility index (Phi) is 6.88. The van der Waals surface area contributed by atoms with E-state index >= 15 is 0 Å². The van der Waals surface area contributed by atoms with E-state index in [0.29, 0.717) is 19.1 Å². The van der Waals surface area contributed by atoms with Crippen molar-refractivity contribution in [2.45, 2.75) is 72.3 Å². The van der Waals surface area contributed by atoms with E-state index in [1.54, 1.807) is 0 Å². The number of carbonyl (C=O) groups is 1. The van der Waals surface area contributed by atoms with E-state index in [1.807, 2.05) is 32.9 Å². The van der Waals surface area contributed by atoms with Crippen LogP contribution in [0.4, 0.5) is 5.69 Å². The summed E-state index contributed by atoms with van der Waals surface area (Å²) in [6, 6.07) is 3.96. The number of aryl methyl sites for hydroxylation is 2. The second-order valence-electron chi connectivity index (χ2n) is 7.37. The minimum absolute atomic E-state index is 0.00420. The second-order valence-corrected chi connectivity index (χ2v) is 7.37. The lowest BCUT2D eigenvalue weighted by molar-refractivity contribution is -0.148. The number of anilines is 1. The molecule has 0 bridgehead atoms. The van der Waals surface area contributed by atoms with Crippen molar-refractivity contribution in [3.05, 3.63) is 23.3 Å². The first-order valence-electron chi connectivity index (χ1n) is 9.61. The zero-order chi connectivity index (χ0) is 18.4. The van der Waals surface area contributed by atoms with Gasteiger partial charge >= 0.3 is 0 Å². The van der Waals surface area contributed by atoms with Gasteiger partial charge in [0.2, 0.25) is 0 Å². The standard InChI is InChI=1S/C21H33NO3/c1-6-11-25-21(10-8-9-15(3)14-21)20(23)22-18-12-16(4)19(24-7-2)17(5)13-18/h12-13,15H,6-11,14H2,1-5H3,(H,22,23)/t15-,21+/m1/s1. The van der Waals surface area contributed by atoms with Gasteiger partial charge in [-0.15, -0.1) is 0 Å². The Morgan fingerprint density at radius 1 is 1.28 bits per heavy atom. The van der Waals surface area contributed by atoms with Gasteiger partial charge in [0, 0.05) is 12.3 Å². The molecule has 1 amide bonds. The maximum absolute atomic E-state index is 13.1. The molecule has 1 aliphatic carbocycles. The molecule has 0 unspecified atom stereocenters. The van der Waals surface area contributed by atoms with E-state index in [9.17, 15) is 4.79 Å². The lowest BCUT2D eigenvalue weighted by atomic mass is 9.78. The molecule has 1 aliphatic rings. The van der Waals surface area contributed by atoms with E-state index in [0.717, 1.165) is 48.2 Å². The van der Waals surface area contributed by atoms with Crippen LogP contribution in [0.2, 0.25) is 0 Å². The van der Waals surface area contributed by atoms with Crippen molar-refractivity contribution in [1.29, 1.82) is 0 Å². The molecule has 1 saturated carbocycles. The first-order chi connectivity index (χ1) is 11.9. The van der Waals surface area contributed by atoms with Gasteiger partial charge in [0.05, 0.1) is 6.61 Å².